The Hall–Kier alpha value is -3.09. The molecule has 0 aliphatic carbocycles. The topological polar surface area (TPSA) is 79.5 Å². The zero-order valence-electron chi connectivity index (χ0n) is 12.4. The number of urea groups is 1. The first-order chi connectivity index (χ1) is 11.1. The van der Waals surface area contributed by atoms with Crippen LogP contribution in [0.5, 0.6) is 11.5 Å². The molecule has 0 spiro atoms. The number of amides is 3. The minimum Gasteiger partial charge on any atom is -0.455 e. The molecule has 0 saturated heterocycles. The van der Waals surface area contributed by atoms with Crippen molar-refractivity contribution in [2.75, 3.05) is 18.9 Å². The molecule has 0 aliphatic heterocycles. The molecule has 3 amide bonds. The van der Waals surface area contributed by atoms with Crippen LogP contribution in [-0.2, 0) is 4.79 Å². The van der Waals surface area contributed by atoms with E-state index in [-0.39, 0.29) is 12.5 Å². The number of likely N-dealkylation sites (N-methyl/N-ethyl adjacent to an activating group) is 1. The Morgan fingerprint density at radius 2 is 1.91 bits per heavy atom. The molecule has 0 fully saturated rings. The van der Waals surface area contributed by atoms with Gasteiger partial charge in [0, 0.05) is 13.1 Å². The summed E-state index contributed by atoms with van der Waals surface area (Å²) in [7, 11) is 1.48. The maximum absolute atomic E-state index is 13.2. The van der Waals surface area contributed by atoms with Crippen molar-refractivity contribution in [3.63, 3.8) is 0 Å². The van der Waals surface area contributed by atoms with Gasteiger partial charge in [-0.25, -0.2) is 9.18 Å². The molecule has 0 unspecified atom stereocenters. The molecule has 2 aromatic carbocycles. The van der Waals surface area contributed by atoms with E-state index in [0.717, 1.165) is 0 Å². The van der Waals surface area contributed by atoms with Crippen LogP contribution in [0.1, 0.15) is 0 Å². The van der Waals surface area contributed by atoms with E-state index in [4.69, 9.17) is 4.74 Å². The van der Waals surface area contributed by atoms with Crippen molar-refractivity contribution in [3.8, 4) is 11.5 Å². The molecule has 0 radical (unpaired) electrons. The monoisotopic (exact) mass is 317 g/mol. The van der Waals surface area contributed by atoms with Gasteiger partial charge in [-0.05, 0) is 24.3 Å². The lowest BCUT2D eigenvalue weighted by Gasteiger charge is -2.12. The van der Waals surface area contributed by atoms with Gasteiger partial charge in [0.2, 0.25) is 5.91 Å². The van der Waals surface area contributed by atoms with E-state index < -0.39 is 11.8 Å². The largest absolute Gasteiger partial charge is 0.455 e. The zero-order valence-corrected chi connectivity index (χ0v) is 12.4. The summed E-state index contributed by atoms with van der Waals surface area (Å²) < 4.78 is 18.8. The van der Waals surface area contributed by atoms with Gasteiger partial charge in [-0.15, -0.1) is 0 Å². The minimum atomic E-state index is -0.552. The second kappa shape index (κ2) is 7.79. The van der Waals surface area contributed by atoms with E-state index in [0.29, 0.717) is 17.2 Å². The lowest BCUT2D eigenvalue weighted by atomic mass is 10.3. The van der Waals surface area contributed by atoms with Crippen molar-refractivity contribution in [2.24, 2.45) is 0 Å². The highest BCUT2D eigenvalue weighted by molar-refractivity contribution is 5.93. The Labute approximate surface area is 132 Å². The van der Waals surface area contributed by atoms with Crippen LogP contribution < -0.4 is 20.7 Å². The van der Waals surface area contributed by atoms with Crippen LogP contribution in [0.15, 0.2) is 48.5 Å². The Kier molecular flexibility index (Phi) is 5.51. The summed E-state index contributed by atoms with van der Waals surface area (Å²) in [5, 5.41) is 7.37. The molecule has 0 aromatic heterocycles. The molecule has 3 N–H and O–H groups in total. The summed E-state index contributed by atoms with van der Waals surface area (Å²) in [5.41, 5.74) is 0.395. The van der Waals surface area contributed by atoms with Gasteiger partial charge in [0.1, 0.15) is 11.6 Å². The molecule has 0 saturated carbocycles. The van der Waals surface area contributed by atoms with Crippen molar-refractivity contribution >= 4 is 17.6 Å². The Balaban J connectivity index is 2.05. The SMILES string of the molecule is CNC(=O)CNC(=O)Nc1ccccc1Oc1cccc(F)c1. The minimum absolute atomic E-state index is 0.144. The highest BCUT2D eigenvalue weighted by Crippen LogP contribution is 2.29. The van der Waals surface area contributed by atoms with Crippen LogP contribution in [0.25, 0.3) is 0 Å². The molecule has 2 aromatic rings. The van der Waals surface area contributed by atoms with E-state index in [2.05, 4.69) is 16.0 Å². The molecular formula is C16H16FN3O3. The van der Waals surface area contributed by atoms with Gasteiger partial charge >= 0.3 is 6.03 Å². The third-order valence-corrected chi connectivity index (χ3v) is 2.85. The van der Waals surface area contributed by atoms with Crippen LogP contribution in [0.3, 0.4) is 0 Å². The molecule has 0 aliphatic rings. The number of hydrogen-bond acceptors (Lipinski definition) is 3. The predicted octanol–water partition coefficient (Wildman–Crippen LogP) is 2.49. The second-order valence-electron chi connectivity index (χ2n) is 4.54. The van der Waals surface area contributed by atoms with Crippen molar-refractivity contribution in [2.45, 2.75) is 0 Å². The van der Waals surface area contributed by atoms with Gasteiger partial charge < -0.3 is 20.7 Å². The van der Waals surface area contributed by atoms with Crippen molar-refractivity contribution in [1.82, 2.24) is 10.6 Å². The molecule has 2 rings (SSSR count). The van der Waals surface area contributed by atoms with E-state index >= 15 is 0 Å². The van der Waals surface area contributed by atoms with E-state index in [1.54, 1.807) is 30.3 Å². The number of ether oxygens (including phenoxy) is 1. The fraction of sp³-hybridized carbons (Fsp3) is 0.125. The summed E-state index contributed by atoms with van der Waals surface area (Å²) in [4.78, 5) is 22.9. The van der Waals surface area contributed by atoms with E-state index in [1.807, 2.05) is 0 Å². The number of hydrogen-bond donors (Lipinski definition) is 3. The lowest BCUT2D eigenvalue weighted by Crippen LogP contribution is -2.37. The molecule has 0 heterocycles. The fourth-order valence-electron chi connectivity index (χ4n) is 1.73. The van der Waals surface area contributed by atoms with Crippen LogP contribution in [0.4, 0.5) is 14.9 Å². The Morgan fingerprint density at radius 1 is 1.13 bits per heavy atom. The molecule has 7 heteroatoms. The first kappa shape index (κ1) is 16.3. The molecule has 120 valence electrons. The summed E-state index contributed by atoms with van der Waals surface area (Å²) in [6.07, 6.45) is 0. The second-order valence-corrected chi connectivity index (χ2v) is 4.54. The quantitative estimate of drug-likeness (QED) is 0.792. The van der Waals surface area contributed by atoms with Crippen molar-refractivity contribution < 1.29 is 18.7 Å². The number of benzene rings is 2. The summed E-state index contributed by atoms with van der Waals surface area (Å²) >= 11 is 0. The number of nitrogens with one attached hydrogen (secondary N) is 3. The van der Waals surface area contributed by atoms with Gasteiger partial charge in [-0.3, -0.25) is 4.79 Å². The fourth-order valence-corrected chi connectivity index (χ4v) is 1.73. The summed E-state index contributed by atoms with van der Waals surface area (Å²) in [5.74, 6) is -0.0704. The third-order valence-electron chi connectivity index (χ3n) is 2.85. The van der Waals surface area contributed by atoms with E-state index in [1.165, 1.54) is 25.2 Å². The number of halogens is 1. The van der Waals surface area contributed by atoms with Crippen LogP contribution in [0.2, 0.25) is 0 Å². The maximum atomic E-state index is 13.2. The number of carbonyl (C=O) groups is 2. The molecule has 23 heavy (non-hydrogen) atoms. The average Bonchev–Trinajstić information content (AvgIpc) is 2.54. The number of anilines is 1. The molecule has 0 bridgehead atoms. The van der Waals surface area contributed by atoms with Crippen LogP contribution in [-0.4, -0.2) is 25.5 Å². The standard InChI is InChI=1S/C16H16FN3O3/c1-18-15(21)10-19-16(22)20-13-7-2-3-8-14(13)23-12-6-4-5-11(17)9-12/h2-9H,10H2,1H3,(H,18,21)(H2,19,20,22). The Morgan fingerprint density at radius 3 is 2.65 bits per heavy atom. The number of para-hydroxylation sites is 2. The van der Waals surface area contributed by atoms with Crippen molar-refractivity contribution in [1.29, 1.82) is 0 Å². The van der Waals surface area contributed by atoms with Gasteiger partial charge in [-0.1, -0.05) is 18.2 Å². The molecule has 6 nitrogen and oxygen atoms in total. The summed E-state index contributed by atoms with van der Waals surface area (Å²) in [6, 6.07) is 11.8. The average molecular weight is 317 g/mol. The Bertz CT molecular complexity index is 706. The van der Waals surface area contributed by atoms with Gasteiger partial charge in [0.05, 0.1) is 12.2 Å². The molecular weight excluding hydrogens is 301 g/mol. The van der Waals surface area contributed by atoms with Crippen LogP contribution in [0, 0.1) is 5.82 Å². The normalized spacial score (nSPS) is 9.83. The lowest BCUT2D eigenvalue weighted by molar-refractivity contribution is -0.119. The summed E-state index contributed by atoms with van der Waals surface area (Å²) in [6.45, 7) is -0.144. The highest BCUT2D eigenvalue weighted by atomic mass is 19.1. The van der Waals surface area contributed by atoms with Gasteiger partial charge in [-0.2, -0.15) is 0 Å². The highest BCUT2D eigenvalue weighted by Gasteiger charge is 2.09. The maximum Gasteiger partial charge on any atom is 0.319 e. The van der Waals surface area contributed by atoms with Crippen LogP contribution >= 0.6 is 0 Å². The van der Waals surface area contributed by atoms with Gasteiger partial charge in [0.25, 0.3) is 0 Å². The third kappa shape index (κ3) is 4.99. The van der Waals surface area contributed by atoms with E-state index in [9.17, 15) is 14.0 Å². The van der Waals surface area contributed by atoms with Gasteiger partial charge in [0.15, 0.2) is 5.75 Å². The first-order valence-corrected chi connectivity index (χ1v) is 6.86. The first-order valence-electron chi connectivity index (χ1n) is 6.86. The molecule has 0 atom stereocenters. The van der Waals surface area contributed by atoms with Crippen molar-refractivity contribution in [3.05, 3.63) is 54.3 Å². The zero-order chi connectivity index (χ0) is 16.7. The predicted molar refractivity (Wildman–Crippen MR) is 84.0 cm³/mol. The smallest absolute Gasteiger partial charge is 0.319 e. The number of carbonyl (C=O) groups excluding carboxylic acids is 2. The number of rotatable bonds is 5.